The maximum Gasteiger partial charge on any atom is 0.230 e. The number of unbranched alkanes of at least 4 members (excludes halogenated alkanes) is 3. The summed E-state index contributed by atoms with van der Waals surface area (Å²) in [6.07, 6.45) is 3.93. The first-order valence-electron chi connectivity index (χ1n) is 7.95. The van der Waals surface area contributed by atoms with Crippen molar-refractivity contribution < 1.29 is 30.9 Å². The number of nitrogens with two attached hydrogens (primary N) is 1. The van der Waals surface area contributed by atoms with E-state index in [9.17, 15) is 19.8 Å². The second-order valence-electron chi connectivity index (χ2n) is 5.52. The lowest BCUT2D eigenvalue weighted by molar-refractivity contribution is -0.682. The Hall–Kier alpha value is -2.12. The number of phenols is 1. The number of benzene rings is 1. The zero-order chi connectivity index (χ0) is 17.1. The van der Waals surface area contributed by atoms with Crippen LogP contribution in [-0.4, -0.2) is 36.1 Å². The number of hydrogen-bond acceptors (Lipinski definition) is 4. The molecule has 0 unspecified atom stereocenters. The van der Waals surface area contributed by atoms with E-state index >= 15 is 0 Å². The third kappa shape index (κ3) is 8.18. The van der Waals surface area contributed by atoms with Crippen LogP contribution in [0.4, 0.5) is 5.69 Å². The monoisotopic (exact) mass is 324 g/mol. The zero-order valence-corrected chi connectivity index (χ0v) is 13.3. The van der Waals surface area contributed by atoms with Crippen molar-refractivity contribution >= 4 is 17.6 Å². The van der Waals surface area contributed by atoms with Gasteiger partial charge in [-0.25, -0.2) is 0 Å². The van der Waals surface area contributed by atoms with Crippen molar-refractivity contribution in [2.75, 3.05) is 18.4 Å². The number of carboxylic acid groups (broad SMARTS) is 1. The zero-order valence-electron chi connectivity index (χ0n) is 13.3. The maximum atomic E-state index is 11.9. The van der Waals surface area contributed by atoms with Crippen molar-refractivity contribution in [3.8, 4) is 5.75 Å². The van der Waals surface area contributed by atoms with Crippen LogP contribution in [-0.2, 0) is 9.59 Å². The predicted molar refractivity (Wildman–Crippen MR) is 83.2 cm³/mol. The summed E-state index contributed by atoms with van der Waals surface area (Å²) in [4.78, 5) is 23.0. The number of rotatable bonds is 11. The minimum absolute atomic E-state index is 0.0353. The highest BCUT2D eigenvalue weighted by atomic mass is 16.4. The smallest absolute Gasteiger partial charge is 0.230 e. The number of carboxylic acids is 1. The first kappa shape index (κ1) is 18.9. The van der Waals surface area contributed by atoms with E-state index in [-0.39, 0.29) is 12.2 Å². The number of aliphatic carboxylic acids is 1. The summed E-state index contributed by atoms with van der Waals surface area (Å²) in [5.74, 6) is -1.62. The summed E-state index contributed by atoms with van der Waals surface area (Å²) in [7, 11) is 0. The van der Waals surface area contributed by atoms with Crippen molar-refractivity contribution in [2.45, 2.75) is 38.1 Å². The average molecular weight is 324 g/mol. The molecule has 0 radical (unpaired) electrons. The van der Waals surface area contributed by atoms with E-state index < -0.39 is 17.9 Å². The van der Waals surface area contributed by atoms with Gasteiger partial charge in [0.2, 0.25) is 5.91 Å². The van der Waals surface area contributed by atoms with E-state index in [1.807, 2.05) is 0 Å². The summed E-state index contributed by atoms with van der Waals surface area (Å²) in [6.45, 7) is 1.57. The van der Waals surface area contributed by atoms with Crippen molar-refractivity contribution in [3.05, 3.63) is 24.3 Å². The molecule has 0 saturated carbocycles. The van der Waals surface area contributed by atoms with Crippen LogP contribution in [0.25, 0.3) is 0 Å². The maximum absolute atomic E-state index is 11.9. The largest absolute Gasteiger partial charge is 0.544 e. The van der Waals surface area contributed by atoms with Crippen LogP contribution in [0.2, 0.25) is 0 Å². The molecular weight excluding hydrogens is 298 g/mol. The number of nitrogens with one attached hydrogen (secondary N) is 1. The Labute approximate surface area is 135 Å². The Morgan fingerprint density at radius 3 is 2.65 bits per heavy atom. The average Bonchev–Trinajstić information content (AvgIpc) is 2.49. The SMILES string of the molecule is [NH3+]CCCCCC[NH2+][C@H](CC(=O)Nc1cccc(O)c1)C(=O)[O-]. The highest BCUT2D eigenvalue weighted by molar-refractivity contribution is 5.93. The molecule has 0 bridgehead atoms. The summed E-state index contributed by atoms with van der Waals surface area (Å²) in [6, 6.07) is 5.21. The van der Waals surface area contributed by atoms with E-state index in [4.69, 9.17) is 0 Å². The molecule has 23 heavy (non-hydrogen) atoms. The van der Waals surface area contributed by atoms with Gasteiger partial charge in [0.15, 0.2) is 0 Å². The molecular formula is C16H26N3O4+. The molecule has 128 valence electrons. The van der Waals surface area contributed by atoms with Gasteiger partial charge in [-0.2, -0.15) is 0 Å². The molecule has 7 N–H and O–H groups in total. The summed E-state index contributed by atoms with van der Waals surface area (Å²) < 4.78 is 0. The molecule has 0 aromatic heterocycles. The Kier molecular flexibility index (Phi) is 8.71. The van der Waals surface area contributed by atoms with E-state index in [0.717, 1.165) is 32.2 Å². The van der Waals surface area contributed by atoms with Crippen LogP contribution in [0.3, 0.4) is 0 Å². The fourth-order valence-electron chi connectivity index (χ4n) is 2.25. The van der Waals surface area contributed by atoms with Gasteiger partial charge in [-0.1, -0.05) is 6.07 Å². The van der Waals surface area contributed by atoms with E-state index in [1.165, 1.54) is 12.1 Å². The van der Waals surface area contributed by atoms with E-state index in [1.54, 1.807) is 17.4 Å². The van der Waals surface area contributed by atoms with Crippen molar-refractivity contribution in [1.82, 2.24) is 0 Å². The lowest BCUT2D eigenvalue weighted by Crippen LogP contribution is -2.93. The van der Waals surface area contributed by atoms with Crippen LogP contribution >= 0.6 is 0 Å². The third-order valence-corrected chi connectivity index (χ3v) is 3.49. The molecule has 7 heteroatoms. The molecule has 1 rings (SSSR count). The molecule has 0 saturated heterocycles. The van der Waals surface area contributed by atoms with Gasteiger partial charge in [-0.05, 0) is 37.8 Å². The molecule has 0 aliphatic heterocycles. The van der Waals surface area contributed by atoms with Gasteiger partial charge in [0.25, 0.3) is 0 Å². The molecule has 0 heterocycles. The van der Waals surface area contributed by atoms with Crippen molar-refractivity contribution in [1.29, 1.82) is 0 Å². The molecule has 0 fully saturated rings. The second-order valence-corrected chi connectivity index (χ2v) is 5.52. The molecule has 0 spiro atoms. The lowest BCUT2D eigenvalue weighted by atomic mass is 10.1. The van der Waals surface area contributed by atoms with Crippen LogP contribution in [0.5, 0.6) is 5.75 Å². The molecule has 7 nitrogen and oxygen atoms in total. The second kappa shape index (κ2) is 10.6. The normalized spacial score (nSPS) is 11.9. The molecule has 1 atom stereocenters. The lowest BCUT2D eigenvalue weighted by Gasteiger charge is -2.16. The third-order valence-electron chi connectivity index (χ3n) is 3.49. The molecule has 1 aromatic carbocycles. The molecule has 1 aromatic rings. The first-order chi connectivity index (χ1) is 11.0. The fraction of sp³-hybridized carbons (Fsp3) is 0.500. The molecule has 0 aliphatic carbocycles. The number of phenolic OH excluding ortho intramolecular Hbond substituents is 1. The Bertz CT molecular complexity index is 508. The van der Waals surface area contributed by atoms with Gasteiger partial charge in [0, 0.05) is 11.8 Å². The van der Waals surface area contributed by atoms with Crippen LogP contribution in [0.1, 0.15) is 32.1 Å². The Morgan fingerprint density at radius 2 is 2.00 bits per heavy atom. The highest BCUT2D eigenvalue weighted by Crippen LogP contribution is 2.15. The van der Waals surface area contributed by atoms with Gasteiger partial charge in [-0.3, -0.25) is 4.79 Å². The minimum atomic E-state index is -1.24. The number of carbonyl (C=O) groups excluding carboxylic acids is 2. The number of carbonyl (C=O) groups is 2. The van der Waals surface area contributed by atoms with Gasteiger partial charge in [0.1, 0.15) is 11.8 Å². The predicted octanol–water partition coefficient (Wildman–Crippen LogP) is -1.79. The standard InChI is InChI=1S/C16H25N3O4/c17-8-3-1-2-4-9-18-14(16(22)23)11-15(21)19-12-6-5-7-13(20)10-12/h5-7,10,14,18,20H,1-4,8-9,11,17H2,(H,19,21)(H,22,23)/p+1/t14-/m1/s1. The van der Waals surface area contributed by atoms with E-state index in [0.29, 0.717) is 12.2 Å². The Morgan fingerprint density at radius 1 is 1.26 bits per heavy atom. The van der Waals surface area contributed by atoms with Crippen molar-refractivity contribution in [3.63, 3.8) is 0 Å². The van der Waals surface area contributed by atoms with Gasteiger partial charge < -0.3 is 31.4 Å². The number of quaternary nitrogens is 2. The van der Waals surface area contributed by atoms with Crippen LogP contribution in [0.15, 0.2) is 24.3 Å². The van der Waals surface area contributed by atoms with Crippen LogP contribution in [0, 0.1) is 0 Å². The quantitative estimate of drug-likeness (QED) is 0.357. The number of aromatic hydroxyl groups is 1. The highest BCUT2D eigenvalue weighted by Gasteiger charge is 2.18. The minimum Gasteiger partial charge on any atom is -0.544 e. The van der Waals surface area contributed by atoms with E-state index in [2.05, 4.69) is 11.1 Å². The Balaban J connectivity index is 2.36. The number of hydrogen-bond donors (Lipinski definition) is 4. The summed E-state index contributed by atoms with van der Waals surface area (Å²) in [5, 5.41) is 24.7. The fourth-order valence-corrected chi connectivity index (χ4v) is 2.25. The van der Waals surface area contributed by atoms with Gasteiger partial charge in [0.05, 0.1) is 25.5 Å². The number of anilines is 1. The van der Waals surface area contributed by atoms with Gasteiger partial charge >= 0.3 is 0 Å². The van der Waals surface area contributed by atoms with Crippen LogP contribution < -0.4 is 21.5 Å². The summed E-state index contributed by atoms with van der Waals surface area (Å²) >= 11 is 0. The van der Waals surface area contributed by atoms with Gasteiger partial charge in [-0.15, -0.1) is 0 Å². The molecule has 0 aliphatic rings. The molecule has 1 amide bonds. The summed E-state index contributed by atoms with van der Waals surface area (Å²) in [5.41, 5.74) is 4.20. The number of amides is 1. The first-order valence-corrected chi connectivity index (χ1v) is 7.95. The topological polar surface area (TPSA) is 134 Å². The van der Waals surface area contributed by atoms with Crippen molar-refractivity contribution in [2.24, 2.45) is 0 Å².